The molecule has 0 amide bonds. The molecule has 1 aromatic rings. The van der Waals surface area contributed by atoms with Crippen LogP contribution < -0.4 is 0 Å². The Balaban J connectivity index is 1.90. The number of rotatable bonds is 2. The number of benzene rings is 1. The van der Waals surface area contributed by atoms with Gasteiger partial charge in [0, 0.05) is 18.1 Å². The van der Waals surface area contributed by atoms with Gasteiger partial charge < -0.3 is 9.84 Å². The Labute approximate surface area is 119 Å². The molecule has 1 aromatic carbocycles. The van der Waals surface area contributed by atoms with Crippen LogP contribution in [-0.2, 0) is 4.74 Å². The standard InChI is InChI=1S/C17H16O3/c1-20-17(19)16-8-6-13(7-9-16)4-2-3-5-14-10-15(11-14)12-18/h6-9,14-15,18H,10-12H2,1H3. The summed E-state index contributed by atoms with van der Waals surface area (Å²) in [7, 11) is 1.35. The fraction of sp³-hybridized carbons (Fsp3) is 0.353. The largest absolute Gasteiger partial charge is 0.465 e. The van der Waals surface area contributed by atoms with E-state index in [1.165, 1.54) is 7.11 Å². The third-order valence-electron chi connectivity index (χ3n) is 3.35. The Morgan fingerprint density at radius 2 is 2.00 bits per heavy atom. The van der Waals surface area contributed by atoms with Crippen molar-refractivity contribution < 1.29 is 14.6 Å². The minimum atomic E-state index is -0.354. The van der Waals surface area contributed by atoms with Gasteiger partial charge in [-0.1, -0.05) is 11.8 Å². The number of ether oxygens (including phenoxy) is 1. The van der Waals surface area contributed by atoms with Crippen molar-refractivity contribution in [2.24, 2.45) is 11.8 Å². The average Bonchev–Trinajstić information content (AvgIpc) is 2.45. The number of aliphatic hydroxyl groups excluding tert-OH is 1. The zero-order chi connectivity index (χ0) is 14.4. The van der Waals surface area contributed by atoms with Crippen molar-refractivity contribution in [1.82, 2.24) is 0 Å². The Bertz CT molecular complexity index is 587. The first-order valence-electron chi connectivity index (χ1n) is 6.53. The lowest BCUT2D eigenvalue weighted by atomic mass is 9.76. The van der Waals surface area contributed by atoms with Crippen molar-refractivity contribution in [2.75, 3.05) is 13.7 Å². The third-order valence-corrected chi connectivity index (χ3v) is 3.35. The minimum absolute atomic E-state index is 0.260. The number of hydrogen-bond acceptors (Lipinski definition) is 3. The maximum Gasteiger partial charge on any atom is 0.337 e. The van der Waals surface area contributed by atoms with E-state index in [-0.39, 0.29) is 12.6 Å². The summed E-state index contributed by atoms with van der Waals surface area (Å²) in [5, 5.41) is 8.89. The van der Waals surface area contributed by atoms with Gasteiger partial charge in [0.1, 0.15) is 0 Å². The van der Waals surface area contributed by atoms with E-state index in [2.05, 4.69) is 28.4 Å². The van der Waals surface area contributed by atoms with Crippen LogP contribution in [0.1, 0.15) is 28.8 Å². The molecule has 3 nitrogen and oxygen atoms in total. The Hall–Kier alpha value is -2.23. The molecular formula is C17H16O3. The maximum atomic E-state index is 11.3. The summed E-state index contributed by atoms with van der Waals surface area (Å²) >= 11 is 0. The van der Waals surface area contributed by atoms with Gasteiger partial charge in [-0.2, -0.15) is 0 Å². The summed E-state index contributed by atoms with van der Waals surface area (Å²) in [5.74, 6) is 12.1. The van der Waals surface area contributed by atoms with Crippen molar-refractivity contribution >= 4 is 5.97 Å². The predicted molar refractivity (Wildman–Crippen MR) is 75.7 cm³/mol. The fourth-order valence-corrected chi connectivity index (χ4v) is 2.05. The zero-order valence-corrected chi connectivity index (χ0v) is 11.3. The first kappa shape index (κ1) is 14.2. The molecular weight excluding hydrogens is 252 g/mol. The molecule has 102 valence electrons. The third kappa shape index (κ3) is 3.63. The molecule has 0 radical (unpaired) electrons. The quantitative estimate of drug-likeness (QED) is 0.657. The summed E-state index contributed by atoms with van der Waals surface area (Å²) in [4.78, 5) is 11.3. The van der Waals surface area contributed by atoms with Crippen molar-refractivity contribution in [2.45, 2.75) is 12.8 Å². The normalized spacial score (nSPS) is 19.7. The lowest BCUT2D eigenvalue weighted by Gasteiger charge is -2.29. The smallest absolute Gasteiger partial charge is 0.337 e. The van der Waals surface area contributed by atoms with Crippen LogP contribution in [0, 0.1) is 35.5 Å². The molecule has 0 heterocycles. The predicted octanol–water partition coefficient (Wildman–Crippen LogP) is 1.85. The highest BCUT2D eigenvalue weighted by atomic mass is 16.5. The molecule has 0 aromatic heterocycles. The SMILES string of the molecule is COC(=O)c1ccc(C#CC#CC2CC(CO)C2)cc1. The number of aliphatic hydroxyl groups is 1. The minimum Gasteiger partial charge on any atom is -0.465 e. The number of carbonyl (C=O) groups excluding carboxylic acids is 1. The van der Waals surface area contributed by atoms with E-state index in [0.717, 1.165) is 18.4 Å². The van der Waals surface area contributed by atoms with E-state index in [9.17, 15) is 4.79 Å². The Morgan fingerprint density at radius 3 is 2.60 bits per heavy atom. The summed E-state index contributed by atoms with van der Waals surface area (Å²) in [6, 6.07) is 6.90. The van der Waals surface area contributed by atoms with Crippen molar-refractivity contribution in [3.63, 3.8) is 0 Å². The van der Waals surface area contributed by atoms with Crippen molar-refractivity contribution in [3.05, 3.63) is 35.4 Å². The Morgan fingerprint density at radius 1 is 1.30 bits per heavy atom. The fourth-order valence-electron chi connectivity index (χ4n) is 2.05. The molecule has 3 heteroatoms. The van der Waals surface area contributed by atoms with Crippen LogP contribution in [0.4, 0.5) is 0 Å². The topological polar surface area (TPSA) is 46.5 Å². The number of methoxy groups -OCH3 is 1. The van der Waals surface area contributed by atoms with E-state index in [4.69, 9.17) is 5.11 Å². The van der Waals surface area contributed by atoms with E-state index < -0.39 is 0 Å². The summed E-state index contributed by atoms with van der Waals surface area (Å²) < 4.78 is 4.62. The lowest BCUT2D eigenvalue weighted by Crippen LogP contribution is -2.25. The second kappa shape index (κ2) is 6.80. The molecule has 0 bridgehead atoms. The van der Waals surface area contributed by atoms with Crippen LogP contribution in [0.5, 0.6) is 0 Å². The van der Waals surface area contributed by atoms with E-state index >= 15 is 0 Å². The Kier molecular flexibility index (Phi) is 4.82. The molecule has 20 heavy (non-hydrogen) atoms. The molecule has 0 unspecified atom stereocenters. The second-order valence-corrected chi connectivity index (χ2v) is 4.81. The molecule has 1 saturated carbocycles. The van der Waals surface area contributed by atoms with E-state index in [0.29, 0.717) is 17.4 Å². The molecule has 0 saturated heterocycles. The molecule has 1 N–H and O–H groups in total. The monoisotopic (exact) mass is 268 g/mol. The molecule has 0 aliphatic heterocycles. The van der Waals surface area contributed by atoms with Crippen LogP contribution in [0.2, 0.25) is 0 Å². The molecule has 1 aliphatic rings. The van der Waals surface area contributed by atoms with Gasteiger partial charge in [-0.3, -0.25) is 0 Å². The molecule has 2 rings (SSSR count). The van der Waals surface area contributed by atoms with Gasteiger partial charge >= 0.3 is 5.97 Å². The average molecular weight is 268 g/mol. The molecule has 1 aliphatic carbocycles. The highest BCUT2D eigenvalue weighted by Crippen LogP contribution is 2.32. The summed E-state index contributed by atoms with van der Waals surface area (Å²) in [6.07, 6.45) is 1.94. The number of carbonyl (C=O) groups is 1. The van der Waals surface area contributed by atoms with Crippen LogP contribution in [0.15, 0.2) is 24.3 Å². The van der Waals surface area contributed by atoms with Crippen LogP contribution in [-0.4, -0.2) is 24.8 Å². The summed E-state index contributed by atoms with van der Waals surface area (Å²) in [6.45, 7) is 0.260. The first-order chi connectivity index (χ1) is 9.72. The van der Waals surface area contributed by atoms with Gasteiger partial charge in [0.25, 0.3) is 0 Å². The van der Waals surface area contributed by atoms with Crippen LogP contribution in [0.3, 0.4) is 0 Å². The van der Waals surface area contributed by atoms with Gasteiger partial charge in [0.05, 0.1) is 12.7 Å². The van der Waals surface area contributed by atoms with Gasteiger partial charge in [-0.05, 0) is 54.9 Å². The van der Waals surface area contributed by atoms with Gasteiger partial charge in [0.15, 0.2) is 0 Å². The maximum absolute atomic E-state index is 11.3. The molecule has 0 spiro atoms. The zero-order valence-electron chi connectivity index (χ0n) is 11.3. The number of esters is 1. The van der Waals surface area contributed by atoms with Crippen molar-refractivity contribution in [1.29, 1.82) is 0 Å². The van der Waals surface area contributed by atoms with E-state index in [1.807, 2.05) is 0 Å². The molecule has 0 atom stereocenters. The van der Waals surface area contributed by atoms with E-state index in [1.54, 1.807) is 24.3 Å². The summed E-state index contributed by atoms with van der Waals surface area (Å²) in [5.41, 5.74) is 1.32. The highest BCUT2D eigenvalue weighted by molar-refractivity contribution is 5.89. The first-order valence-corrected chi connectivity index (χ1v) is 6.53. The molecule has 1 fully saturated rings. The van der Waals surface area contributed by atoms with Gasteiger partial charge in [-0.25, -0.2) is 4.79 Å². The highest BCUT2D eigenvalue weighted by Gasteiger charge is 2.26. The van der Waals surface area contributed by atoms with Crippen molar-refractivity contribution in [3.8, 4) is 23.7 Å². The van der Waals surface area contributed by atoms with Gasteiger partial charge in [0.2, 0.25) is 0 Å². The van der Waals surface area contributed by atoms with Crippen LogP contribution >= 0.6 is 0 Å². The van der Waals surface area contributed by atoms with Gasteiger partial charge in [-0.15, -0.1) is 0 Å². The second-order valence-electron chi connectivity index (χ2n) is 4.81. The number of hydrogen-bond donors (Lipinski definition) is 1. The van der Waals surface area contributed by atoms with Crippen LogP contribution in [0.25, 0.3) is 0 Å². The lowest BCUT2D eigenvalue weighted by molar-refractivity contribution is 0.0600.